The smallest absolute Gasteiger partial charge is 0.187 e. The van der Waals surface area contributed by atoms with E-state index in [9.17, 15) is 0 Å². The third kappa shape index (κ3) is 1.53. The topological polar surface area (TPSA) is 16.8 Å². The Balaban J connectivity index is 2.75. The summed E-state index contributed by atoms with van der Waals surface area (Å²) in [6.07, 6.45) is 8.77. The summed E-state index contributed by atoms with van der Waals surface area (Å²) in [5.41, 5.74) is 0. The lowest BCUT2D eigenvalue weighted by atomic mass is 10.2. The van der Waals surface area contributed by atoms with Crippen molar-refractivity contribution >= 4 is 0 Å². The van der Waals surface area contributed by atoms with Crippen molar-refractivity contribution in [3.8, 4) is 0 Å². The maximum absolute atomic E-state index is 3.94. The van der Waals surface area contributed by atoms with Crippen molar-refractivity contribution in [3.63, 3.8) is 0 Å². The number of hydrogen-bond donors (Lipinski definition) is 0. The lowest BCUT2D eigenvalue weighted by Crippen LogP contribution is -2.36. The predicted molar refractivity (Wildman–Crippen MR) is 39.4 cm³/mol. The molecule has 0 N–H and O–H groups in total. The summed E-state index contributed by atoms with van der Waals surface area (Å²) >= 11 is 0. The summed E-state index contributed by atoms with van der Waals surface area (Å²) in [4.78, 5) is 3.94. The molecule has 0 aliphatic rings. The quantitative estimate of drug-likeness (QED) is 0.562. The predicted octanol–water partition coefficient (Wildman–Crippen LogP) is 1.34. The Bertz CT molecular complexity index is 184. The van der Waals surface area contributed by atoms with Crippen LogP contribution in [-0.2, 0) is 0 Å². The van der Waals surface area contributed by atoms with E-state index in [1.165, 1.54) is 0 Å². The number of rotatable bonds is 2. The molecule has 0 aliphatic carbocycles. The molecule has 1 aromatic heterocycles. The molecule has 0 saturated carbocycles. The molecule has 0 spiro atoms. The molecule has 0 aromatic carbocycles. The fourth-order valence-electron chi connectivity index (χ4n) is 0.835. The van der Waals surface area contributed by atoms with Crippen LogP contribution in [0.1, 0.15) is 26.3 Å². The van der Waals surface area contributed by atoms with Gasteiger partial charge < -0.3 is 0 Å². The molecule has 0 bridgehead atoms. The molecule has 0 saturated heterocycles. The second-order valence-electron chi connectivity index (χ2n) is 2.45. The van der Waals surface area contributed by atoms with Gasteiger partial charge in [-0.3, -0.25) is 4.98 Å². The van der Waals surface area contributed by atoms with Crippen LogP contribution >= 0.6 is 0 Å². The molecule has 2 nitrogen and oxygen atoms in total. The summed E-state index contributed by atoms with van der Waals surface area (Å²) in [6.45, 7) is 4.37. The molecule has 1 heterocycles. The second-order valence-corrected chi connectivity index (χ2v) is 2.45. The first-order valence-electron chi connectivity index (χ1n) is 3.65. The highest BCUT2D eigenvalue weighted by Gasteiger charge is 2.06. The van der Waals surface area contributed by atoms with Crippen LogP contribution < -0.4 is 4.57 Å². The third-order valence-electron chi connectivity index (χ3n) is 1.75. The molecule has 0 radical (unpaired) electrons. The second kappa shape index (κ2) is 3.30. The van der Waals surface area contributed by atoms with E-state index in [-0.39, 0.29) is 0 Å². The highest BCUT2D eigenvalue weighted by atomic mass is 15.0. The first-order chi connectivity index (χ1) is 4.84. The van der Waals surface area contributed by atoms with E-state index >= 15 is 0 Å². The minimum absolute atomic E-state index is 0.586. The average Bonchev–Trinajstić information content (AvgIpc) is 2.05. The van der Waals surface area contributed by atoms with E-state index in [1.807, 2.05) is 24.8 Å². The van der Waals surface area contributed by atoms with Crippen molar-refractivity contribution < 1.29 is 4.57 Å². The van der Waals surface area contributed by atoms with Crippen LogP contribution in [0.2, 0.25) is 0 Å². The van der Waals surface area contributed by atoms with Gasteiger partial charge in [0.15, 0.2) is 18.4 Å². The Labute approximate surface area is 61.5 Å². The maximum Gasteiger partial charge on any atom is 0.187 e. The molecule has 0 fully saturated rings. The Hall–Kier alpha value is -0.920. The summed E-state index contributed by atoms with van der Waals surface area (Å²) < 4.78 is 2.16. The minimum Gasteiger partial charge on any atom is -0.252 e. The van der Waals surface area contributed by atoms with Gasteiger partial charge in [-0.2, -0.15) is 4.57 Å². The zero-order valence-corrected chi connectivity index (χ0v) is 6.49. The Morgan fingerprint density at radius 2 is 2.00 bits per heavy atom. The minimum atomic E-state index is 0.586. The van der Waals surface area contributed by atoms with E-state index in [4.69, 9.17) is 0 Å². The van der Waals surface area contributed by atoms with Gasteiger partial charge in [0.2, 0.25) is 0 Å². The summed E-state index contributed by atoms with van der Waals surface area (Å²) in [5.74, 6) is 0. The van der Waals surface area contributed by atoms with E-state index in [1.54, 1.807) is 0 Å². The van der Waals surface area contributed by atoms with Gasteiger partial charge >= 0.3 is 0 Å². The zero-order valence-electron chi connectivity index (χ0n) is 6.49. The van der Waals surface area contributed by atoms with Gasteiger partial charge in [0.25, 0.3) is 0 Å². The van der Waals surface area contributed by atoms with Crippen molar-refractivity contribution in [1.29, 1.82) is 0 Å². The molecule has 1 aromatic rings. The van der Waals surface area contributed by atoms with Crippen LogP contribution in [0.15, 0.2) is 24.8 Å². The molecule has 0 aliphatic heterocycles. The lowest BCUT2D eigenvalue weighted by Gasteiger charge is -2.00. The van der Waals surface area contributed by atoms with Gasteiger partial charge in [-0.05, 0) is 6.92 Å². The Kier molecular flexibility index (Phi) is 2.37. The number of nitrogens with zero attached hydrogens (tertiary/aromatic N) is 2. The fraction of sp³-hybridized carbons (Fsp3) is 0.500. The highest BCUT2D eigenvalue weighted by Crippen LogP contribution is 1.96. The lowest BCUT2D eigenvalue weighted by molar-refractivity contribution is -0.720. The first-order valence-corrected chi connectivity index (χ1v) is 3.65. The molecule has 1 rings (SSSR count). The van der Waals surface area contributed by atoms with E-state index in [0.29, 0.717) is 6.04 Å². The summed E-state index contributed by atoms with van der Waals surface area (Å²) in [7, 11) is 0. The van der Waals surface area contributed by atoms with Crippen LogP contribution in [0.4, 0.5) is 0 Å². The van der Waals surface area contributed by atoms with Crippen molar-refractivity contribution in [2.75, 3.05) is 0 Å². The van der Waals surface area contributed by atoms with Crippen molar-refractivity contribution in [3.05, 3.63) is 24.8 Å². The van der Waals surface area contributed by atoms with Gasteiger partial charge in [0.1, 0.15) is 0 Å². The van der Waals surface area contributed by atoms with Crippen molar-refractivity contribution in [2.45, 2.75) is 26.3 Å². The van der Waals surface area contributed by atoms with E-state index < -0.39 is 0 Å². The van der Waals surface area contributed by atoms with Crippen LogP contribution in [0, 0.1) is 0 Å². The molecule has 10 heavy (non-hydrogen) atoms. The first kappa shape index (κ1) is 7.19. The Morgan fingerprint density at radius 1 is 1.40 bits per heavy atom. The Morgan fingerprint density at radius 3 is 2.50 bits per heavy atom. The monoisotopic (exact) mass is 137 g/mol. The van der Waals surface area contributed by atoms with E-state index in [2.05, 4.69) is 23.4 Å². The van der Waals surface area contributed by atoms with Crippen LogP contribution in [0.5, 0.6) is 0 Å². The molecular formula is C8H13N2+. The molecular weight excluding hydrogens is 124 g/mol. The largest absolute Gasteiger partial charge is 0.252 e. The van der Waals surface area contributed by atoms with Gasteiger partial charge in [-0.25, -0.2) is 0 Å². The number of aromatic nitrogens is 2. The fourth-order valence-corrected chi connectivity index (χ4v) is 0.835. The molecule has 1 atom stereocenters. The molecule has 54 valence electrons. The van der Waals surface area contributed by atoms with E-state index in [0.717, 1.165) is 6.42 Å². The highest BCUT2D eigenvalue weighted by molar-refractivity contribution is 4.64. The SMILES string of the molecule is CCC(C)[n+]1ccncc1. The van der Waals surface area contributed by atoms with Crippen molar-refractivity contribution in [1.82, 2.24) is 4.98 Å². The van der Waals surface area contributed by atoms with Crippen LogP contribution in [0.25, 0.3) is 0 Å². The summed E-state index contributed by atoms with van der Waals surface area (Å²) in [6, 6.07) is 0.586. The van der Waals surface area contributed by atoms with Crippen LogP contribution in [-0.4, -0.2) is 4.98 Å². The van der Waals surface area contributed by atoms with Gasteiger partial charge in [0.05, 0.1) is 12.4 Å². The zero-order chi connectivity index (χ0) is 7.40. The average molecular weight is 137 g/mol. The maximum atomic E-state index is 3.94. The van der Waals surface area contributed by atoms with Gasteiger partial charge in [0, 0.05) is 6.42 Å². The van der Waals surface area contributed by atoms with Gasteiger partial charge in [-0.1, -0.05) is 6.92 Å². The molecule has 1 unspecified atom stereocenters. The summed E-state index contributed by atoms with van der Waals surface area (Å²) in [5, 5.41) is 0. The van der Waals surface area contributed by atoms with Crippen molar-refractivity contribution in [2.24, 2.45) is 0 Å². The van der Waals surface area contributed by atoms with Crippen LogP contribution in [0.3, 0.4) is 0 Å². The normalized spacial score (nSPS) is 13.0. The molecule has 0 amide bonds. The standard InChI is InChI=1S/C8H13N2/c1-3-8(2)10-6-4-9-5-7-10/h4-8H,3H2,1-2H3/q+1. The number of hydrogen-bond acceptors (Lipinski definition) is 1. The third-order valence-corrected chi connectivity index (χ3v) is 1.75. The van der Waals surface area contributed by atoms with Gasteiger partial charge in [-0.15, -0.1) is 0 Å². The molecule has 2 heteroatoms.